The van der Waals surface area contributed by atoms with Crippen LogP contribution in [0.4, 0.5) is 39.3 Å². The summed E-state index contributed by atoms with van der Waals surface area (Å²) in [6, 6.07) is 11.9. The number of alkyl halides is 3. The van der Waals surface area contributed by atoms with Gasteiger partial charge in [-0.3, -0.25) is 0 Å². The van der Waals surface area contributed by atoms with Crippen LogP contribution in [0.15, 0.2) is 55.0 Å². The molecule has 10 nitrogen and oxygen atoms in total. The Morgan fingerprint density at radius 3 is 2.33 bits per heavy atom. The summed E-state index contributed by atoms with van der Waals surface area (Å²) >= 11 is 0. The molecule has 2 aromatic heterocycles. The highest BCUT2D eigenvalue weighted by molar-refractivity contribution is 5.73. The van der Waals surface area contributed by atoms with Crippen molar-refractivity contribution in [3.05, 3.63) is 66.6 Å². The summed E-state index contributed by atoms with van der Waals surface area (Å²) in [5, 5.41) is 18.2. The van der Waals surface area contributed by atoms with Gasteiger partial charge in [0.1, 0.15) is 17.8 Å². The van der Waals surface area contributed by atoms with Crippen LogP contribution in [0.3, 0.4) is 0 Å². The van der Waals surface area contributed by atoms with Gasteiger partial charge in [0, 0.05) is 42.6 Å². The van der Waals surface area contributed by atoms with Crippen LogP contribution in [0, 0.1) is 11.6 Å². The summed E-state index contributed by atoms with van der Waals surface area (Å²) < 4.78 is 67.9. The molecule has 0 amide bonds. The fraction of sp³-hybridized carbons (Fsp3) is 0.240. The highest BCUT2D eigenvalue weighted by atomic mass is 19.4. The minimum Gasteiger partial charge on any atom is -0.475 e. The molecule has 0 unspecified atom stereocenters. The lowest BCUT2D eigenvalue weighted by atomic mass is 10.1. The molecular formula is C25H22F5N7O3. The number of aliphatic carboxylic acids is 1. The molecule has 2 N–H and O–H groups in total. The molecule has 0 aliphatic carbocycles. The van der Waals surface area contributed by atoms with E-state index in [1.54, 1.807) is 12.4 Å². The number of aryl methyl sites for hydroxylation is 1. The Hall–Kier alpha value is -4.66. The van der Waals surface area contributed by atoms with E-state index in [1.807, 2.05) is 40.8 Å². The molecule has 0 radical (unpaired) electrons. The van der Waals surface area contributed by atoms with Gasteiger partial charge in [-0.25, -0.2) is 23.5 Å². The summed E-state index contributed by atoms with van der Waals surface area (Å²) in [5.41, 5.74) is 2.65. The van der Waals surface area contributed by atoms with E-state index in [-0.39, 0.29) is 11.6 Å². The molecule has 0 bridgehead atoms. The van der Waals surface area contributed by atoms with Crippen LogP contribution in [0.25, 0.3) is 22.6 Å². The van der Waals surface area contributed by atoms with Crippen LogP contribution in [0.5, 0.6) is 0 Å². The number of carboxylic acids is 1. The van der Waals surface area contributed by atoms with Crippen LogP contribution < -0.4 is 10.2 Å². The molecule has 0 spiro atoms. The average molecular weight is 563 g/mol. The number of anilines is 3. The minimum absolute atomic E-state index is 0.0252. The van der Waals surface area contributed by atoms with E-state index in [9.17, 15) is 22.0 Å². The summed E-state index contributed by atoms with van der Waals surface area (Å²) in [6.45, 7) is 2.42. The largest absolute Gasteiger partial charge is 0.490 e. The number of nitrogens with zero attached hydrogens (tertiary/aromatic N) is 6. The first-order valence-electron chi connectivity index (χ1n) is 11.7. The van der Waals surface area contributed by atoms with Crippen LogP contribution >= 0.6 is 0 Å². The van der Waals surface area contributed by atoms with E-state index in [0.717, 1.165) is 17.6 Å². The van der Waals surface area contributed by atoms with Crippen molar-refractivity contribution in [1.29, 1.82) is 0 Å². The third-order valence-electron chi connectivity index (χ3n) is 5.63. The molecule has 0 saturated carbocycles. The van der Waals surface area contributed by atoms with Crippen LogP contribution in [-0.2, 0) is 16.6 Å². The van der Waals surface area contributed by atoms with Crippen molar-refractivity contribution in [1.82, 2.24) is 24.7 Å². The SMILES string of the molecule is Cn1cnnc1-c1ccc(Nc2ncc(F)c(-c3cc(F)cc(N4CCOCC4)c3)n2)cc1.O=C(O)C(F)(F)F. The number of nitrogens with one attached hydrogen (secondary N) is 1. The lowest BCUT2D eigenvalue weighted by Gasteiger charge is -2.29. The van der Waals surface area contributed by atoms with E-state index in [4.69, 9.17) is 14.6 Å². The van der Waals surface area contributed by atoms with E-state index in [1.165, 1.54) is 12.1 Å². The number of hydrogen-bond acceptors (Lipinski definition) is 8. The Kier molecular flexibility index (Phi) is 8.52. The molecule has 15 heteroatoms. The molecule has 210 valence electrons. The maximum Gasteiger partial charge on any atom is 0.490 e. The molecule has 0 atom stereocenters. The minimum atomic E-state index is -5.08. The average Bonchev–Trinajstić information content (AvgIpc) is 3.36. The van der Waals surface area contributed by atoms with E-state index < -0.39 is 23.8 Å². The number of carbonyl (C=O) groups is 1. The van der Waals surface area contributed by atoms with Crippen molar-refractivity contribution >= 4 is 23.3 Å². The topological polar surface area (TPSA) is 118 Å². The van der Waals surface area contributed by atoms with E-state index in [0.29, 0.717) is 43.2 Å². The van der Waals surface area contributed by atoms with Gasteiger partial charge in [-0.2, -0.15) is 13.2 Å². The zero-order chi connectivity index (χ0) is 28.9. The summed E-state index contributed by atoms with van der Waals surface area (Å²) in [7, 11) is 1.87. The number of rotatable bonds is 5. The number of halogens is 5. The van der Waals surface area contributed by atoms with Crippen molar-refractivity contribution in [2.24, 2.45) is 7.05 Å². The number of aromatic nitrogens is 5. The third kappa shape index (κ3) is 7.05. The molecule has 4 aromatic rings. The number of benzene rings is 2. The van der Waals surface area contributed by atoms with Gasteiger partial charge in [0.15, 0.2) is 11.6 Å². The third-order valence-corrected chi connectivity index (χ3v) is 5.63. The van der Waals surface area contributed by atoms with Gasteiger partial charge in [-0.05, 0) is 42.5 Å². The normalized spacial score (nSPS) is 13.4. The number of carboxylic acid groups (broad SMARTS) is 1. The predicted molar refractivity (Wildman–Crippen MR) is 134 cm³/mol. The highest BCUT2D eigenvalue weighted by Gasteiger charge is 2.38. The molecule has 1 aliphatic rings. The monoisotopic (exact) mass is 563 g/mol. The Morgan fingerprint density at radius 2 is 1.73 bits per heavy atom. The van der Waals surface area contributed by atoms with Crippen molar-refractivity contribution in [2.45, 2.75) is 6.18 Å². The number of hydrogen-bond donors (Lipinski definition) is 2. The summed E-state index contributed by atoms with van der Waals surface area (Å²) in [4.78, 5) is 19.3. The first kappa shape index (κ1) is 28.4. The zero-order valence-electron chi connectivity index (χ0n) is 20.9. The smallest absolute Gasteiger partial charge is 0.475 e. The van der Waals surface area contributed by atoms with Crippen molar-refractivity contribution < 1.29 is 36.6 Å². The molecule has 40 heavy (non-hydrogen) atoms. The second kappa shape index (κ2) is 12.0. The second-order valence-corrected chi connectivity index (χ2v) is 8.46. The fourth-order valence-corrected chi connectivity index (χ4v) is 3.72. The first-order valence-corrected chi connectivity index (χ1v) is 11.7. The van der Waals surface area contributed by atoms with Gasteiger partial charge in [-0.1, -0.05) is 0 Å². The maximum absolute atomic E-state index is 14.6. The van der Waals surface area contributed by atoms with Gasteiger partial charge in [0.25, 0.3) is 0 Å². The van der Waals surface area contributed by atoms with Gasteiger partial charge in [0.05, 0.1) is 19.4 Å². The van der Waals surface area contributed by atoms with Crippen molar-refractivity contribution in [2.75, 3.05) is 36.5 Å². The van der Waals surface area contributed by atoms with Crippen molar-refractivity contribution in [3.63, 3.8) is 0 Å². The number of morpholine rings is 1. The van der Waals surface area contributed by atoms with E-state index >= 15 is 0 Å². The summed E-state index contributed by atoms with van der Waals surface area (Å²) in [5.74, 6) is -2.90. The highest BCUT2D eigenvalue weighted by Crippen LogP contribution is 2.29. The molecule has 1 aliphatic heterocycles. The molecule has 3 heterocycles. The lowest BCUT2D eigenvalue weighted by molar-refractivity contribution is -0.192. The zero-order valence-corrected chi connectivity index (χ0v) is 20.9. The molecular weight excluding hydrogens is 541 g/mol. The summed E-state index contributed by atoms with van der Waals surface area (Å²) in [6.07, 6.45) is -2.37. The first-order chi connectivity index (χ1) is 19.0. The molecule has 5 rings (SSSR count). The Labute approximate surface area is 224 Å². The van der Waals surface area contributed by atoms with E-state index in [2.05, 4.69) is 25.5 Å². The van der Waals surface area contributed by atoms with Gasteiger partial charge in [0.2, 0.25) is 5.95 Å². The van der Waals surface area contributed by atoms with Crippen molar-refractivity contribution in [3.8, 4) is 22.6 Å². The van der Waals surface area contributed by atoms with Crippen LogP contribution in [0.1, 0.15) is 0 Å². The Bertz CT molecular complexity index is 1470. The molecule has 1 saturated heterocycles. The Balaban J connectivity index is 0.000000470. The predicted octanol–water partition coefficient (Wildman–Crippen LogP) is 4.43. The van der Waals surface area contributed by atoms with Crippen LogP contribution in [-0.4, -0.2) is 68.3 Å². The Morgan fingerprint density at radius 1 is 1.05 bits per heavy atom. The lowest BCUT2D eigenvalue weighted by Crippen LogP contribution is -2.36. The number of ether oxygens (including phenoxy) is 1. The maximum atomic E-state index is 14.6. The fourth-order valence-electron chi connectivity index (χ4n) is 3.72. The molecule has 1 fully saturated rings. The standard InChI is InChI=1S/C23H21F2N7O.C2HF3O2/c1-31-14-27-30-22(31)15-2-4-18(5-3-15)28-23-26-13-20(25)21(29-23)16-10-17(24)12-19(11-16)32-6-8-33-9-7-32;3-2(4,5)1(6)7/h2-5,10-14H,6-9H2,1H3,(H,26,28,29);(H,6,7). The molecule has 2 aromatic carbocycles. The van der Waals surface area contributed by atoms with Gasteiger partial charge in [-0.15, -0.1) is 10.2 Å². The van der Waals surface area contributed by atoms with Crippen LogP contribution in [0.2, 0.25) is 0 Å². The van der Waals surface area contributed by atoms with Gasteiger partial charge < -0.3 is 24.6 Å². The van der Waals surface area contributed by atoms with Gasteiger partial charge >= 0.3 is 12.1 Å². The quantitative estimate of drug-likeness (QED) is 0.340. The second-order valence-electron chi connectivity index (χ2n) is 8.46.